The largest absolute Gasteiger partial charge is 0.465 e. The highest BCUT2D eigenvalue weighted by molar-refractivity contribution is 5.71. The van der Waals surface area contributed by atoms with Crippen LogP contribution in [-0.4, -0.2) is 40.8 Å². The molecule has 0 saturated carbocycles. The molecule has 1 rings (SSSR count). The van der Waals surface area contributed by atoms with E-state index >= 15 is 0 Å². The fourth-order valence-corrected chi connectivity index (χ4v) is 1.44. The summed E-state index contributed by atoms with van der Waals surface area (Å²) in [5, 5.41) is 7.80. The lowest BCUT2D eigenvalue weighted by Crippen LogP contribution is -2.31. The van der Waals surface area contributed by atoms with E-state index < -0.39 is 0 Å². The molecule has 0 atom stereocenters. The summed E-state index contributed by atoms with van der Waals surface area (Å²) in [6, 6.07) is 0. The van der Waals surface area contributed by atoms with Crippen LogP contribution in [0, 0.1) is 0 Å². The molecule has 100 valence electrons. The van der Waals surface area contributed by atoms with Gasteiger partial charge in [0.1, 0.15) is 0 Å². The first-order valence-electron chi connectivity index (χ1n) is 5.99. The first kappa shape index (κ1) is 14.4. The van der Waals surface area contributed by atoms with E-state index in [2.05, 4.69) is 16.8 Å². The number of aromatic nitrogens is 2. The second-order valence-corrected chi connectivity index (χ2v) is 3.71. The van der Waals surface area contributed by atoms with Gasteiger partial charge in [-0.25, -0.2) is 0 Å². The maximum Gasteiger partial charge on any atom is 0.320 e. The molecule has 1 aromatic heterocycles. The van der Waals surface area contributed by atoms with Crippen molar-refractivity contribution in [3.8, 4) is 0 Å². The zero-order valence-corrected chi connectivity index (χ0v) is 10.9. The summed E-state index contributed by atoms with van der Waals surface area (Å²) in [6.07, 6.45) is 2.42. The molecule has 0 bridgehead atoms. The van der Waals surface area contributed by atoms with Crippen LogP contribution < -0.4 is 0 Å². The number of hydrogen-bond acceptors (Lipinski definition) is 6. The van der Waals surface area contributed by atoms with Crippen molar-refractivity contribution in [1.29, 1.82) is 0 Å². The van der Waals surface area contributed by atoms with Crippen molar-refractivity contribution >= 4 is 5.97 Å². The Kier molecular flexibility index (Phi) is 6.07. The molecule has 0 aliphatic heterocycles. The van der Waals surface area contributed by atoms with Crippen LogP contribution in [0.15, 0.2) is 17.1 Å². The summed E-state index contributed by atoms with van der Waals surface area (Å²) in [6.45, 7) is 8.91. The third kappa shape index (κ3) is 4.67. The molecule has 6 nitrogen and oxygen atoms in total. The maximum absolute atomic E-state index is 11.4. The number of carbonyl (C=O) groups is 1. The van der Waals surface area contributed by atoms with Crippen LogP contribution >= 0.6 is 0 Å². The first-order chi connectivity index (χ1) is 8.69. The van der Waals surface area contributed by atoms with Crippen molar-refractivity contribution in [2.75, 3.05) is 19.7 Å². The molecular formula is C12H19N3O3. The molecule has 0 radical (unpaired) electrons. The van der Waals surface area contributed by atoms with Crippen LogP contribution in [0.2, 0.25) is 0 Å². The molecule has 18 heavy (non-hydrogen) atoms. The molecule has 6 heteroatoms. The summed E-state index contributed by atoms with van der Waals surface area (Å²) >= 11 is 0. The molecule has 0 saturated heterocycles. The van der Waals surface area contributed by atoms with Crippen molar-refractivity contribution < 1.29 is 13.9 Å². The van der Waals surface area contributed by atoms with E-state index in [9.17, 15) is 4.79 Å². The van der Waals surface area contributed by atoms with Crippen LogP contribution in [0.3, 0.4) is 0 Å². The molecule has 0 spiro atoms. The number of ether oxygens (including phenoxy) is 1. The molecule has 0 amide bonds. The molecule has 0 aliphatic rings. The fourth-order valence-electron chi connectivity index (χ4n) is 1.44. The predicted molar refractivity (Wildman–Crippen MR) is 65.8 cm³/mol. The van der Waals surface area contributed by atoms with E-state index in [1.54, 1.807) is 13.0 Å². The van der Waals surface area contributed by atoms with Gasteiger partial charge >= 0.3 is 5.97 Å². The van der Waals surface area contributed by atoms with Gasteiger partial charge in [-0.3, -0.25) is 9.69 Å². The molecule has 1 heterocycles. The molecular weight excluding hydrogens is 234 g/mol. The Labute approximate surface area is 107 Å². The van der Waals surface area contributed by atoms with Crippen molar-refractivity contribution in [1.82, 2.24) is 15.1 Å². The van der Waals surface area contributed by atoms with E-state index in [0.717, 1.165) is 0 Å². The van der Waals surface area contributed by atoms with Crippen LogP contribution in [0.25, 0.3) is 0 Å². The molecule has 0 aromatic carbocycles. The van der Waals surface area contributed by atoms with Crippen molar-refractivity contribution in [2.24, 2.45) is 0 Å². The maximum atomic E-state index is 11.4. The highest BCUT2D eigenvalue weighted by atomic mass is 16.5. The van der Waals surface area contributed by atoms with Crippen LogP contribution in [0.5, 0.6) is 0 Å². The Morgan fingerprint density at radius 1 is 1.44 bits per heavy atom. The Balaban J connectivity index is 2.56. The van der Waals surface area contributed by atoms with Crippen molar-refractivity contribution in [3.63, 3.8) is 0 Å². The topological polar surface area (TPSA) is 68.5 Å². The summed E-state index contributed by atoms with van der Waals surface area (Å²) in [7, 11) is 0. The van der Waals surface area contributed by atoms with Crippen LogP contribution in [0.4, 0.5) is 0 Å². The van der Waals surface area contributed by atoms with Crippen LogP contribution in [0.1, 0.15) is 25.6 Å². The zero-order valence-electron chi connectivity index (χ0n) is 10.9. The minimum atomic E-state index is -0.269. The standard InChI is InChI=1S/C12H19N3O3/c1-4-7-15(9-12(16)17-6-3)8-11-14-13-10(5-2)18-11/h4H,1,5-9H2,2-3H3. The van der Waals surface area contributed by atoms with Gasteiger partial charge in [0, 0.05) is 13.0 Å². The number of carbonyl (C=O) groups excluding carboxylic acids is 1. The minimum absolute atomic E-state index is 0.184. The van der Waals surface area contributed by atoms with Crippen molar-refractivity contribution in [2.45, 2.75) is 26.8 Å². The van der Waals surface area contributed by atoms with Crippen LogP contribution in [-0.2, 0) is 22.5 Å². The van der Waals surface area contributed by atoms with Gasteiger partial charge in [-0.15, -0.1) is 16.8 Å². The van der Waals surface area contributed by atoms with Gasteiger partial charge in [-0.2, -0.15) is 0 Å². The molecule has 0 N–H and O–H groups in total. The van der Waals surface area contributed by atoms with E-state index in [1.807, 2.05) is 11.8 Å². The van der Waals surface area contributed by atoms with Gasteiger partial charge in [0.25, 0.3) is 0 Å². The van der Waals surface area contributed by atoms with Gasteiger partial charge < -0.3 is 9.15 Å². The Hall–Kier alpha value is -1.69. The molecule has 0 aliphatic carbocycles. The SMILES string of the molecule is C=CCN(CC(=O)OCC)Cc1nnc(CC)o1. The Morgan fingerprint density at radius 3 is 2.72 bits per heavy atom. The predicted octanol–water partition coefficient (Wildman–Crippen LogP) is 1.18. The van der Waals surface area contributed by atoms with E-state index in [4.69, 9.17) is 9.15 Å². The molecule has 1 aromatic rings. The molecule has 0 unspecified atom stereocenters. The van der Waals surface area contributed by atoms with E-state index in [0.29, 0.717) is 37.9 Å². The lowest BCUT2D eigenvalue weighted by Gasteiger charge is -2.17. The molecule has 0 fully saturated rings. The average Bonchev–Trinajstić information content (AvgIpc) is 2.77. The normalized spacial score (nSPS) is 10.6. The second-order valence-electron chi connectivity index (χ2n) is 3.71. The van der Waals surface area contributed by atoms with Gasteiger partial charge in [-0.1, -0.05) is 13.0 Å². The van der Waals surface area contributed by atoms with Gasteiger partial charge in [0.2, 0.25) is 11.8 Å². The number of nitrogens with zero attached hydrogens (tertiary/aromatic N) is 3. The van der Waals surface area contributed by atoms with Gasteiger partial charge in [0.05, 0.1) is 19.7 Å². The summed E-state index contributed by atoms with van der Waals surface area (Å²) < 4.78 is 10.3. The first-order valence-corrected chi connectivity index (χ1v) is 5.99. The lowest BCUT2D eigenvalue weighted by molar-refractivity contribution is -0.144. The minimum Gasteiger partial charge on any atom is -0.465 e. The number of rotatable bonds is 8. The van der Waals surface area contributed by atoms with Gasteiger partial charge in [-0.05, 0) is 6.92 Å². The smallest absolute Gasteiger partial charge is 0.320 e. The van der Waals surface area contributed by atoms with Crippen molar-refractivity contribution in [3.05, 3.63) is 24.4 Å². The summed E-state index contributed by atoms with van der Waals surface area (Å²) in [5.41, 5.74) is 0. The summed E-state index contributed by atoms with van der Waals surface area (Å²) in [5.74, 6) is 0.826. The zero-order chi connectivity index (χ0) is 13.4. The Morgan fingerprint density at radius 2 is 2.17 bits per heavy atom. The number of esters is 1. The monoisotopic (exact) mass is 253 g/mol. The fraction of sp³-hybridized carbons (Fsp3) is 0.583. The average molecular weight is 253 g/mol. The highest BCUT2D eigenvalue weighted by Crippen LogP contribution is 2.05. The summed E-state index contributed by atoms with van der Waals surface area (Å²) in [4.78, 5) is 13.2. The second kappa shape index (κ2) is 7.60. The third-order valence-electron chi connectivity index (χ3n) is 2.22. The number of aryl methyl sites for hydroxylation is 1. The number of hydrogen-bond donors (Lipinski definition) is 0. The van der Waals surface area contributed by atoms with E-state index in [-0.39, 0.29) is 12.5 Å². The third-order valence-corrected chi connectivity index (χ3v) is 2.22. The highest BCUT2D eigenvalue weighted by Gasteiger charge is 2.14. The Bertz CT molecular complexity index is 390. The quantitative estimate of drug-likeness (QED) is 0.512. The lowest BCUT2D eigenvalue weighted by atomic mass is 10.4. The van der Waals surface area contributed by atoms with E-state index in [1.165, 1.54) is 0 Å². The van der Waals surface area contributed by atoms with Gasteiger partial charge in [0.15, 0.2) is 0 Å².